The number of nitrogens with zero attached hydrogens (tertiary/aromatic N) is 1. The Morgan fingerprint density at radius 2 is 2.11 bits per heavy atom. The molecule has 0 aliphatic rings. The van der Waals surface area contributed by atoms with Gasteiger partial charge in [-0.3, -0.25) is 4.98 Å². The summed E-state index contributed by atoms with van der Waals surface area (Å²) < 4.78 is 6.20. The Kier molecular flexibility index (Phi) is 4.80. The average molecular weight is 342 g/mol. The maximum atomic E-state index is 6.28. The number of pyridine rings is 1. The summed E-state index contributed by atoms with van der Waals surface area (Å²) >= 11 is 9.75. The highest BCUT2D eigenvalue weighted by atomic mass is 79.9. The van der Waals surface area contributed by atoms with Crippen molar-refractivity contribution in [1.82, 2.24) is 10.3 Å². The monoisotopic (exact) mass is 340 g/mol. The fourth-order valence-corrected chi connectivity index (χ4v) is 2.55. The van der Waals surface area contributed by atoms with Gasteiger partial charge in [0.2, 0.25) is 0 Å². The second-order valence-electron chi connectivity index (χ2n) is 4.05. The lowest BCUT2D eigenvalue weighted by molar-refractivity contribution is 0.411. The average Bonchev–Trinajstić information content (AvgIpc) is 2.44. The first-order valence-corrected chi connectivity index (χ1v) is 6.94. The van der Waals surface area contributed by atoms with E-state index in [4.69, 9.17) is 16.3 Å². The van der Waals surface area contributed by atoms with Crippen LogP contribution in [0.3, 0.4) is 0 Å². The lowest BCUT2D eigenvalue weighted by atomic mass is 10.0. The van der Waals surface area contributed by atoms with Crippen LogP contribution >= 0.6 is 27.5 Å². The number of halogens is 2. The van der Waals surface area contributed by atoms with Crippen molar-refractivity contribution >= 4 is 27.5 Å². The van der Waals surface area contributed by atoms with Gasteiger partial charge in [-0.1, -0.05) is 27.5 Å². The Bertz CT molecular complexity index is 577. The molecular formula is C14H14BrClN2O. The van der Waals surface area contributed by atoms with Crippen LogP contribution in [0.5, 0.6) is 5.75 Å². The zero-order valence-corrected chi connectivity index (χ0v) is 13.0. The van der Waals surface area contributed by atoms with Crippen molar-refractivity contribution in [3.8, 4) is 5.75 Å². The van der Waals surface area contributed by atoms with Crippen LogP contribution in [0.15, 0.2) is 41.1 Å². The highest BCUT2D eigenvalue weighted by Crippen LogP contribution is 2.31. The van der Waals surface area contributed by atoms with Gasteiger partial charge in [-0.15, -0.1) is 0 Å². The molecule has 0 radical (unpaired) electrons. The topological polar surface area (TPSA) is 34.2 Å². The summed E-state index contributed by atoms with van der Waals surface area (Å²) in [4.78, 5) is 4.18. The molecule has 3 nitrogen and oxygen atoms in total. The summed E-state index contributed by atoms with van der Waals surface area (Å²) in [7, 11) is 3.52. The number of ether oxygens (including phenoxy) is 1. The van der Waals surface area contributed by atoms with E-state index in [1.807, 2.05) is 31.3 Å². The van der Waals surface area contributed by atoms with E-state index >= 15 is 0 Å². The van der Waals surface area contributed by atoms with Gasteiger partial charge in [0, 0.05) is 15.7 Å². The first-order chi connectivity index (χ1) is 9.15. The molecule has 100 valence electrons. The van der Waals surface area contributed by atoms with Crippen LogP contribution in [0.25, 0.3) is 0 Å². The number of nitrogens with one attached hydrogen (secondary N) is 1. The Balaban J connectivity index is 2.46. The standard InChI is InChI=1S/C14H14BrClN2O/c1-17-14(9-5-11(19-2)8-18-7-9)12-6-10(15)3-4-13(12)16/h3-8,14,17H,1-2H3. The molecule has 0 bridgehead atoms. The zero-order valence-electron chi connectivity index (χ0n) is 10.7. The summed E-state index contributed by atoms with van der Waals surface area (Å²) in [5.41, 5.74) is 2.00. The van der Waals surface area contributed by atoms with E-state index in [0.717, 1.165) is 21.3 Å². The van der Waals surface area contributed by atoms with Crippen LogP contribution in [0.4, 0.5) is 0 Å². The lowest BCUT2D eigenvalue weighted by Crippen LogP contribution is -2.18. The smallest absolute Gasteiger partial charge is 0.137 e. The third kappa shape index (κ3) is 3.26. The van der Waals surface area contributed by atoms with Crippen molar-refractivity contribution in [2.45, 2.75) is 6.04 Å². The lowest BCUT2D eigenvalue weighted by Gasteiger charge is -2.19. The molecule has 5 heteroatoms. The van der Waals surface area contributed by atoms with Crippen molar-refractivity contribution in [3.63, 3.8) is 0 Å². The SMILES string of the molecule is CNC(c1cncc(OC)c1)c1cc(Br)ccc1Cl. The van der Waals surface area contributed by atoms with E-state index in [9.17, 15) is 0 Å². The minimum atomic E-state index is -0.0346. The molecule has 0 saturated heterocycles. The molecule has 1 aromatic heterocycles. The van der Waals surface area contributed by atoms with Crippen LogP contribution < -0.4 is 10.1 Å². The van der Waals surface area contributed by atoms with Crippen molar-refractivity contribution in [1.29, 1.82) is 0 Å². The van der Waals surface area contributed by atoms with Crippen molar-refractivity contribution in [3.05, 3.63) is 57.3 Å². The quantitative estimate of drug-likeness (QED) is 0.918. The van der Waals surface area contributed by atoms with Crippen LogP contribution in [-0.2, 0) is 0 Å². The number of methoxy groups -OCH3 is 1. The molecule has 2 aromatic rings. The summed E-state index contributed by atoms with van der Waals surface area (Å²) in [6.07, 6.45) is 3.49. The molecule has 1 N–H and O–H groups in total. The highest BCUT2D eigenvalue weighted by molar-refractivity contribution is 9.10. The number of hydrogen-bond acceptors (Lipinski definition) is 3. The molecule has 1 unspecified atom stereocenters. The third-order valence-corrected chi connectivity index (χ3v) is 3.70. The normalized spacial score (nSPS) is 12.2. The van der Waals surface area contributed by atoms with E-state index in [0.29, 0.717) is 5.02 Å². The molecule has 0 saturated carbocycles. The fraction of sp³-hybridized carbons (Fsp3) is 0.214. The predicted molar refractivity (Wildman–Crippen MR) is 80.8 cm³/mol. The molecule has 19 heavy (non-hydrogen) atoms. The summed E-state index contributed by atoms with van der Waals surface area (Å²) in [5, 5.41) is 3.97. The van der Waals surface area contributed by atoms with E-state index in [1.54, 1.807) is 19.5 Å². The molecule has 0 spiro atoms. The highest BCUT2D eigenvalue weighted by Gasteiger charge is 2.16. The van der Waals surface area contributed by atoms with Crippen LogP contribution in [0, 0.1) is 0 Å². The van der Waals surface area contributed by atoms with E-state index < -0.39 is 0 Å². The summed E-state index contributed by atoms with van der Waals surface area (Å²) in [6.45, 7) is 0. The van der Waals surface area contributed by atoms with Crippen molar-refractivity contribution in [2.24, 2.45) is 0 Å². The van der Waals surface area contributed by atoms with Crippen molar-refractivity contribution in [2.75, 3.05) is 14.2 Å². The van der Waals surface area contributed by atoms with Crippen LogP contribution in [0.2, 0.25) is 5.02 Å². The maximum Gasteiger partial charge on any atom is 0.137 e. The molecule has 0 aliphatic carbocycles. The minimum absolute atomic E-state index is 0.0346. The van der Waals surface area contributed by atoms with E-state index in [1.165, 1.54) is 0 Å². The molecule has 1 heterocycles. The van der Waals surface area contributed by atoms with Gasteiger partial charge in [0.25, 0.3) is 0 Å². The molecule has 1 atom stereocenters. The minimum Gasteiger partial charge on any atom is -0.495 e. The second kappa shape index (κ2) is 6.37. The molecule has 2 rings (SSSR count). The van der Waals surface area contributed by atoms with Gasteiger partial charge in [0.1, 0.15) is 5.75 Å². The van der Waals surface area contributed by atoms with Crippen molar-refractivity contribution < 1.29 is 4.74 Å². The van der Waals surface area contributed by atoms with Gasteiger partial charge < -0.3 is 10.1 Å². The van der Waals surface area contributed by atoms with Gasteiger partial charge in [-0.25, -0.2) is 0 Å². The maximum absolute atomic E-state index is 6.28. The number of aromatic nitrogens is 1. The molecule has 0 fully saturated rings. The van der Waals surface area contributed by atoms with Crippen LogP contribution in [-0.4, -0.2) is 19.1 Å². The first-order valence-electron chi connectivity index (χ1n) is 5.77. The van der Waals surface area contributed by atoms with Gasteiger partial charge in [0.05, 0.1) is 19.3 Å². The first kappa shape index (κ1) is 14.3. The number of benzene rings is 1. The van der Waals surface area contributed by atoms with Gasteiger partial charge in [-0.2, -0.15) is 0 Å². The summed E-state index contributed by atoms with van der Waals surface area (Å²) in [5.74, 6) is 0.726. The number of rotatable bonds is 4. The van der Waals surface area contributed by atoms with E-state index in [2.05, 4.69) is 26.2 Å². The third-order valence-electron chi connectivity index (χ3n) is 2.86. The number of hydrogen-bond donors (Lipinski definition) is 1. The predicted octanol–water partition coefficient (Wildman–Crippen LogP) is 3.81. The Hall–Kier alpha value is -1.10. The second-order valence-corrected chi connectivity index (χ2v) is 5.37. The molecular weight excluding hydrogens is 328 g/mol. The zero-order chi connectivity index (χ0) is 13.8. The van der Waals surface area contributed by atoms with Gasteiger partial charge in [-0.05, 0) is 42.4 Å². The molecule has 1 aromatic carbocycles. The Morgan fingerprint density at radius 1 is 1.32 bits per heavy atom. The van der Waals surface area contributed by atoms with Crippen LogP contribution in [0.1, 0.15) is 17.2 Å². The molecule has 0 aliphatic heterocycles. The van der Waals surface area contributed by atoms with Gasteiger partial charge in [0.15, 0.2) is 0 Å². The fourth-order valence-electron chi connectivity index (χ4n) is 1.94. The Morgan fingerprint density at radius 3 is 2.79 bits per heavy atom. The molecule has 0 amide bonds. The van der Waals surface area contributed by atoms with E-state index in [-0.39, 0.29) is 6.04 Å². The van der Waals surface area contributed by atoms with Gasteiger partial charge >= 0.3 is 0 Å². The Labute approximate surface area is 126 Å². The largest absolute Gasteiger partial charge is 0.495 e. The summed E-state index contributed by atoms with van der Waals surface area (Å²) in [6, 6.07) is 7.71.